The molecule has 2 aliphatic rings. The SMILES string of the molecule is O=C(O)C1CN(C(=O)C2(c3cccc(F)c3)CCC2)CC1c1ccccc1. The zero-order valence-electron chi connectivity index (χ0n) is 15.0. The monoisotopic (exact) mass is 367 g/mol. The Morgan fingerprint density at radius 3 is 2.37 bits per heavy atom. The van der Waals surface area contributed by atoms with Crippen LogP contribution in [-0.4, -0.2) is 35.0 Å². The second kappa shape index (κ2) is 6.80. The van der Waals surface area contributed by atoms with Gasteiger partial charge in [0.2, 0.25) is 5.91 Å². The highest BCUT2D eigenvalue weighted by Gasteiger charge is 2.51. The smallest absolute Gasteiger partial charge is 0.308 e. The van der Waals surface area contributed by atoms with Crippen LogP contribution in [0, 0.1) is 11.7 Å². The lowest BCUT2D eigenvalue weighted by molar-refractivity contribution is -0.143. The van der Waals surface area contributed by atoms with Crippen molar-refractivity contribution in [3.8, 4) is 0 Å². The molecular weight excluding hydrogens is 345 g/mol. The van der Waals surface area contributed by atoms with E-state index in [9.17, 15) is 19.1 Å². The van der Waals surface area contributed by atoms with Gasteiger partial charge >= 0.3 is 5.97 Å². The molecule has 2 fully saturated rings. The average Bonchev–Trinajstić information content (AvgIpc) is 3.07. The summed E-state index contributed by atoms with van der Waals surface area (Å²) in [4.78, 5) is 26.9. The van der Waals surface area contributed by atoms with Crippen LogP contribution in [-0.2, 0) is 15.0 Å². The maximum absolute atomic E-state index is 13.7. The van der Waals surface area contributed by atoms with Gasteiger partial charge in [-0.3, -0.25) is 9.59 Å². The Bertz CT molecular complexity index is 863. The number of carbonyl (C=O) groups excluding carboxylic acids is 1. The Kier molecular flexibility index (Phi) is 4.46. The van der Waals surface area contributed by atoms with Crippen LogP contribution in [0.4, 0.5) is 4.39 Å². The van der Waals surface area contributed by atoms with Crippen LogP contribution in [0.5, 0.6) is 0 Å². The van der Waals surface area contributed by atoms with E-state index in [0.717, 1.165) is 12.0 Å². The number of carbonyl (C=O) groups is 2. The third-order valence-corrected chi connectivity index (χ3v) is 6.15. The largest absolute Gasteiger partial charge is 0.481 e. The summed E-state index contributed by atoms with van der Waals surface area (Å²) in [5.74, 6) is -2.14. The molecule has 27 heavy (non-hydrogen) atoms. The predicted octanol–water partition coefficient (Wildman–Crippen LogP) is 3.57. The fourth-order valence-corrected chi connectivity index (χ4v) is 4.50. The van der Waals surface area contributed by atoms with E-state index in [2.05, 4.69) is 0 Å². The summed E-state index contributed by atoms with van der Waals surface area (Å²) in [6.45, 7) is 0.585. The lowest BCUT2D eigenvalue weighted by Crippen LogP contribution is -2.50. The number of carboxylic acid groups (broad SMARTS) is 1. The molecule has 0 bridgehead atoms. The summed E-state index contributed by atoms with van der Waals surface area (Å²) in [5.41, 5.74) is 0.930. The molecule has 1 N–H and O–H groups in total. The number of carboxylic acids is 1. The van der Waals surface area contributed by atoms with Crippen LogP contribution in [0.25, 0.3) is 0 Å². The minimum Gasteiger partial charge on any atom is -0.481 e. The molecular formula is C22H22FNO3. The van der Waals surface area contributed by atoms with Gasteiger partial charge in [0, 0.05) is 19.0 Å². The summed E-state index contributed by atoms with van der Waals surface area (Å²) < 4.78 is 13.7. The standard InChI is InChI=1S/C22H22FNO3/c23-17-9-4-8-16(12-17)22(10-5-11-22)21(27)24-13-18(19(14-24)20(25)26)15-6-2-1-3-7-15/h1-4,6-9,12,18-19H,5,10-11,13-14H2,(H,25,26). The van der Waals surface area contributed by atoms with Gasteiger partial charge in [-0.05, 0) is 36.1 Å². The molecule has 4 nitrogen and oxygen atoms in total. The van der Waals surface area contributed by atoms with Crippen LogP contribution in [0.2, 0.25) is 0 Å². The zero-order valence-corrected chi connectivity index (χ0v) is 15.0. The summed E-state index contributed by atoms with van der Waals surface area (Å²) in [5, 5.41) is 9.68. The van der Waals surface area contributed by atoms with Crippen molar-refractivity contribution in [1.29, 1.82) is 0 Å². The van der Waals surface area contributed by atoms with Gasteiger partial charge in [0.15, 0.2) is 0 Å². The Hall–Kier alpha value is -2.69. The molecule has 1 saturated carbocycles. The molecule has 0 aromatic heterocycles. The number of hydrogen-bond donors (Lipinski definition) is 1. The third kappa shape index (κ3) is 3.01. The van der Waals surface area contributed by atoms with Crippen molar-refractivity contribution in [2.75, 3.05) is 13.1 Å². The number of benzene rings is 2. The lowest BCUT2D eigenvalue weighted by Gasteiger charge is -2.43. The molecule has 1 aliphatic carbocycles. The van der Waals surface area contributed by atoms with E-state index in [4.69, 9.17) is 0 Å². The van der Waals surface area contributed by atoms with Gasteiger partial charge in [-0.25, -0.2) is 4.39 Å². The van der Waals surface area contributed by atoms with Gasteiger partial charge in [0.1, 0.15) is 5.82 Å². The molecule has 1 amide bonds. The predicted molar refractivity (Wildman–Crippen MR) is 98.8 cm³/mol. The first-order valence-corrected chi connectivity index (χ1v) is 9.34. The minimum atomic E-state index is -0.882. The highest BCUT2D eigenvalue weighted by molar-refractivity contribution is 5.90. The van der Waals surface area contributed by atoms with E-state index in [-0.39, 0.29) is 24.2 Å². The van der Waals surface area contributed by atoms with Crippen molar-refractivity contribution in [2.45, 2.75) is 30.6 Å². The average molecular weight is 367 g/mol. The number of halogens is 1. The van der Waals surface area contributed by atoms with E-state index in [1.807, 2.05) is 30.3 Å². The quantitative estimate of drug-likeness (QED) is 0.899. The first-order chi connectivity index (χ1) is 13.0. The van der Waals surface area contributed by atoms with Crippen molar-refractivity contribution in [3.63, 3.8) is 0 Å². The Morgan fingerprint density at radius 2 is 1.78 bits per heavy atom. The fraction of sp³-hybridized carbons (Fsp3) is 0.364. The maximum atomic E-state index is 13.7. The first-order valence-electron chi connectivity index (χ1n) is 9.34. The van der Waals surface area contributed by atoms with E-state index in [0.29, 0.717) is 24.9 Å². The summed E-state index contributed by atoms with van der Waals surface area (Å²) in [7, 11) is 0. The highest BCUT2D eigenvalue weighted by atomic mass is 19.1. The van der Waals surface area contributed by atoms with Crippen LogP contribution in [0.15, 0.2) is 54.6 Å². The topological polar surface area (TPSA) is 57.6 Å². The van der Waals surface area contributed by atoms with Crippen LogP contribution in [0.1, 0.15) is 36.3 Å². The molecule has 2 aromatic rings. The third-order valence-electron chi connectivity index (χ3n) is 6.15. The Labute approximate surface area is 157 Å². The Balaban J connectivity index is 1.63. The number of nitrogens with zero attached hydrogens (tertiary/aromatic N) is 1. The van der Waals surface area contributed by atoms with E-state index in [1.54, 1.807) is 17.0 Å². The molecule has 2 aromatic carbocycles. The Morgan fingerprint density at radius 1 is 1.04 bits per heavy atom. The van der Waals surface area contributed by atoms with Crippen LogP contribution in [0.3, 0.4) is 0 Å². The molecule has 5 heteroatoms. The second-order valence-electron chi connectivity index (χ2n) is 7.62. The summed E-state index contributed by atoms with van der Waals surface area (Å²) >= 11 is 0. The van der Waals surface area contributed by atoms with Gasteiger partial charge in [0.05, 0.1) is 11.3 Å². The fourth-order valence-electron chi connectivity index (χ4n) is 4.50. The molecule has 4 rings (SSSR count). The van der Waals surface area contributed by atoms with Crippen LogP contribution >= 0.6 is 0 Å². The zero-order chi connectivity index (χ0) is 19.0. The second-order valence-corrected chi connectivity index (χ2v) is 7.62. The van der Waals surface area contributed by atoms with Crippen molar-refractivity contribution in [2.24, 2.45) is 5.92 Å². The van der Waals surface area contributed by atoms with E-state index in [1.165, 1.54) is 12.1 Å². The minimum absolute atomic E-state index is 0.0657. The molecule has 2 atom stereocenters. The van der Waals surface area contributed by atoms with Gasteiger partial charge in [-0.15, -0.1) is 0 Å². The van der Waals surface area contributed by atoms with Crippen molar-refractivity contribution < 1.29 is 19.1 Å². The molecule has 140 valence electrons. The molecule has 1 aliphatic heterocycles. The number of rotatable bonds is 4. The van der Waals surface area contributed by atoms with E-state index >= 15 is 0 Å². The van der Waals surface area contributed by atoms with Crippen molar-refractivity contribution >= 4 is 11.9 Å². The maximum Gasteiger partial charge on any atom is 0.308 e. The molecule has 1 saturated heterocycles. The normalized spacial score (nSPS) is 23.7. The number of likely N-dealkylation sites (tertiary alicyclic amines) is 1. The lowest BCUT2D eigenvalue weighted by atomic mass is 9.63. The van der Waals surface area contributed by atoms with Gasteiger partial charge in [-0.1, -0.05) is 48.9 Å². The van der Waals surface area contributed by atoms with E-state index < -0.39 is 17.3 Å². The molecule has 0 radical (unpaired) electrons. The summed E-state index contributed by atoms with van der Waals surface area (Å²) in [6.07, 6.45) is 2.28. The van der Waals surface area contributed by atoms with Gasteiger partial charge < -0.3 is 10.0 Å². The number of hydrogen-bond acceptors (Lipinski definition) is 2. The number of aliphatic carboxylic acids is 1. The van der Waals surface area contributed by atoms with Crippen LogP contribution < -0.4 is 0 Å². The molecule has 0 spiro atoms. The van der Waals surface area contributed by atoms with Gasteiger partial charge in [-0.2, -0.15) is 0 Å². The first kappa shape index (κ1) is 17.7. The van der Waals surface area contributed by atoms with Gasteiger partial charge in [0.25, 0.3) is 0 Å². The molecule has 2 unspecified atom stereocenters. The highest BCUT2D eigenvalue weighted by Crippen LogP contribution is 2.47. The summed E-state index contributed by atoms with van der Waals surface area (Å²) in [6, 6.07) is 15.8. The molecule has 1 heterocycles. The van der Waals surface area contributed by atoms with Crippen molar-refractivity contribution in [3.05, 3.63) is 71.5 Å². The number of amides is 1. The van der Waals surface area contributed by atoms with Crippen molar-refractivity contribution in [1.82, 2.24) is 4.90 Å².